The maximum Gasteiger partial charge on any atom is 0.267 e. The molecule has 0 spiro atoms. The summed E-state index contributed by atoms with van der Waals surface area (Å²) >= 11 is 1.42. The van der Waals surface area contributed by atoms with Crippen molar-refractivity contribution < 1.29 is 14.4 Å². The van der Waals surface area contributed by atoms with Crippen LogP contribution in [0.1, 0.15) is 40.5 Å². The van der Waals surface area contributed by atoms with Gasteiger partial charge in [-0.1, -0.05) is 48.5 Å². The number of benzene rings is 2. The van der Waals surface area contributed by atoms with E-state index in [9.17, 15) is 14.9 Å². The number of para-hydroxylation sites is 1. The van der Waals surface area contributed by atoms with Gasteiger partial charge < -0.3 is 0 Å². The number of amides is 2. The normalized spacial score (nSPS) is 24.0. The van der Waals surface area contributed by atoms with Gasteiger partial charge in [0.15, 0.2) is 6.10 Å². The fourth-order valence-corrected chi connectivity index (χ4v) is 6.58. The fourth-order valence-electron chi connectivity index (χ4n) is 5.23. The second-order valence-corrected chi connectivity index (χ2v) is 9.67. The highest BCUT2D eigenvalue weighted by Crippen LogP contribution is 2.50. The second kappa shape index (κ2) is 7.84. The molecule has 2 fully saturated rings. The molecule has 0 saturated carbocycles. The summed E-state index contributed by atoms with van der Waals surface area (Å²) in [5.74, 6) is -1.38. The van der Waals surface area contributed by atoms with E-state index in [0.29, 0.717) is 10.6 Å². The zero-order valence-electron chi connectivity index (χ0n) is 17.8. The van der Waals surface area contributed by atoms with Crippen LogP contribution in [0, 0.1) is 17.2 Å². The van der Waals surface area contributed by atoms with Gasteiger partial charge in [0, 0.05) is 4.88 Å². The molecule has 2 aromatic carbocycles. The van der Waals surface area contributed by atoms with E-state index in [-0.39, 0.29) is 11.8 Å². The van der Waals surface area contributed by atoms with Crippen molar-refractivity contribution in [3.05, 3.63) is 82.2 Å². The minimum Gasteiger partial charge on any atom is -0.273 e. The Bertz CT molecular complexity index is 1280. The van der Waals surface area contributed by atoms with Crippen molar-refractivity contribution in [3.8, 4) is 6.07 Å². The number of carbonyl (C=O) groups excluding carboxylic acids is 2. The molecule has 3 aromatic rings. The van der Waals surface area contributed by atoms with E-state index in [1.165, 1.54) is 16.2 Å². The van der Waals surface area contributed by atoms with Crippen LogP contribution in [0.25, 0.3) is 0 Å². The van der Waals surface area contributed by atoms with Gasteiger partial charge in [0.2, 0.25) is 5.91 Å². The highest BCUT2D eigenvalue weighted by atomic mass is 32.1. The summed E-state index contributed by atoms with van der Waals surface area (Å²) in [6.45, 7) is 0. The van der Waals surface area contributed by atoms with E-state index in [1.54, 1.807) is 5.06 Å². The first kappa shape index (κ1) is 20.2. The van der Waals surface area contributed by atoms with E-state index in [0.717, 1.165) is 47.4 Å². The lowest BCUT2D eigenvalue weighted by molar-refractivity contribution is -0.126. The Kier molecular flexibility index (Phi) is 4.79. The van der Waals surface area contributed by atoms with Crippen molar-refractivity contribution >= 4 is 33.8 Å². The number of carbonyl (C=O) groups is 2. The minimum atomic E-state index is -0.923. The molecule has 3 heterocycles. The number of aryl methyl sites for hydroxylation is 1. The number of thiophene rings is 1. The van der Waals surface area contributed by atoms with Crippen molar-refractivity contribution in [2.24, 2.45) is 5.92 Å². The van der Waals surface area contributed by atoms with Gasteiger partial charge in [0.1, 0.15) is 17.0 Å². The summed E-state index contributed by atoms with van der Waals surface area (Å²) < 4.78 is 0. The molecule has 3 atom stereocenters. The maximum absolute atomic E-state index is 13.8. The maximum atomic E-state index is 13.8. The smallest absolute Gasteiger partial charge is 0.267 e. The molecule has 2 saturated heterocycles. The summed E-state index contributed by atoms with van der Waals surface area (Å²) in [6, 6.07) is 21.0. The molecule has 1 aromatic heterocycles. The van der Waals surface area contributed by atoms with Gasteiger partial charge in [-0.15, -0.1) is 11.3 Å². The molecule has 2 aliphatic heterocycles. The molecule has 164 valence electrons. The zero-order chi connectivity index (χ0) is 22.5. The highest BCUT2D eigenvalue weighted by Gasteiger charge is 2.61. The lowest BCUT2D eigenvalue weighted by atomic mass is 9.90. The summed E-state index contributed by atoms with van der Waals surface area (Å²) in [5, 5.41) is 12.1. The number of rotatable bonds is 3. The van der Waals surface area contributed by atoms with Gasteiger partial charge in [0.05, 0.1) is 17.3 Å². The highest BCUT2D eigenvalue weighted by molar-refractivity contribution is 7.17. The van der Waals surface area contributed by atoms with Gasteiger partial charge in [0.25, 0.3) is 5.91 Å². The number of hydroxylamine groups is 1. The number of hydrogen-bond donors (Lipinski definition) is 0. The summed E-state index contributed by atoms with van der Waals surface area (Å²) in [7, 11) is 0. The molecule has 7 heteroatoms. The van der Waals surface area contributed by atoms with Crippen LogP contribution in [0.15, 0.2) is 60.7 Å². The van der Waals surface area contributed by atoms with Gasteiger partial charge in [-0.25, -0.2) is 9.96 Å². The van der Waals surface area contributed by atoms with Gasteiger partial charge in [-0.05, 0) is 48.9 Å². The third-order valence-electron chi connectivity index (χ3n) is 6.73. The first-order valence-electron chi connectivity index (χ1n) is 11.2. The molecule has 0 radical (unpaired) electrons. The largest absolute Gasteiger partial charge is 0.273 e. The van der Waals surface area contributed by atoms with Crippen LogP contribution in [0.2, 0.25) is 0 Å². The predicted molar refractivity (Wildman–Crippen MR) is 125 cm³/mol. The molecule has 0 unspecified atom stereocenters. The monoisotopic (exact) mass is 455 g/mol. The SMILES string of the molecule is N#Cc1c(N2C(=O)[C@@H]3[C@@H](c4ccccc4)N(c4ccccc4)O[C@H]3C2=O)sc2c1CCCC2. The number of imide groups is 1. The second-order valence-electron chi connectivity index (χ2n) is 8.58. The molecule has 33 heavy (non-hydrogen) atoms. The molecule has 0 N–H and O–H groups in total. The van der Waals surface area contributed by atoms with Gasteiger partial charge in [-0.2, -0.15) is 5.26 Å². The molecule has 3 aliphatic rings. The van der Waals surface area contributed by atoms with Crippen LogP contribution in [0.3, 0.4) is 0 Å². The minimum absolute atomic E-state index is 0.299. The van der Waals surface area contributed by atoms with E-state index >= 15 is 0 Å². The van der Waals surface area contributed by atoms with Gasteiger partial charge in [-0.3, -0.25) is 14.4 Å². The Morgan fingerprint density at radius 1 is 0.939 bits per heavy atom. The average Bonchev–Trinajstić information content (AvgIpc) is 3.50. The molecule has 6 nitrogen and oxygen atoms in total. The number of fused-ring (bicyclic) bond motifs is 2. The van der Waals surface area contributed by atoms with Crippen LogP contribution < -0.4 is 9.96 Å². The fraction of sp³-hybridized carbons (Fsp3) is 0.269. The number of nitrogens with zero attached hydrogens (tertiary/aromatic N) is 3. The average molecular weight is 456 g/mol. The topological polar surface area (TPSA) is 73.6 Å². The van der Waals surface area contributed by atoms with Crippen molar-refractivity contribution in [2.45, 2.75) is 37.8 Å². The van der Waals surface area contributed by atoms with Gasteiger partial charge >= 0.3 is 0 Å². The molecular formula is C26H21N3O3S. The van der Waals surface area contributed by atoms with Crippen LogP contribution >= 0.6 is 11.3 Å². The Morgan fingerprint density at radius 2 is 1.64 bits per heavy atom. The number of anilines is 2. The quantitative estimate of drug-likeness (QED) is 0.542. The predicted octanol–water partition coefficient (Wildman–Crippen LogP) is 4.55. The van der Waals surface area contributed by atoms with E-state index in [1.807, 2.05) is 60.7 Å². The number of nitriles is 1. The molecule has 2 amide bonds. The van der Waals surface area contributed by atoms with E-state index in [2.05, 4.69) is 6.07 Å². The molecule has 1 aliphatic carbocycles. The molecule has 6 rings (SSSR count). The Hall–Kier alpha value is -3.47. The van der Waals surface area contributed by atoms with Crippen molar-refractivity contribution in [1.82, 2.24) is 0 Å². The van der Waals surface area contributed by atoms with Crippen LogP contribution in [0.5, 0.6) is 0 Å². The zero-order valence-corrected chi connectivity index (χ0v) is 18.6. The van der Waals surface area contributed by atoms with Crippen LogP contribution in [0.4, 0.5) is 10.7 Å². The standard InChI is InChI=1S/C26H21N3O3S/c27-15-19-18-13-7-8-14-20(18)33-26(19)28-24(30)21-22(16-9-3-1-4-10-16)29(32-23(21)25(28)31)17-11-5-2-6-12-17/h1-6,9-12,21-23H,7-8,13-14H2/t21-,22-,23-/m1/s1. The lowest BCUT2D eigenvalue weighted by Gasteiger charge is -2.28. The summed E-state index contributed by atoms with van der Waals surface area (Å²) in [6.07, 6.45) is 2.88. The van der Waals surface area contributed by atoms with Crippen molar-refractivity contribution in [1.29, 1.82) is 5.26 Å². The van der Waals surface area contributed by atoms with Crippen LogP contribution in [-0.4, -0.2) is 17.9 Å². The molecule has 0 bridgehead atoms. The van der Waals surface area contributed by atoms with E-state index in [4.69, 9.17) is 4.84 Å². The van der Waals surface area contributed by atoms with Crippen molar-refractivity contribution in [2.75, 3.05) is 9.96 Å². The Morgan fingerprint density at radius 3 is 2.36 bits per heavy atom. The Balaban J connectivity index is 1.44. The lowest BCUT2D eigenvalue weighted by Crippen LogP contribution is -2.37. The number of hydrogen-bond acceptors (Lipinski definition) is 6. The third-order valence-corrected chi connectivity index (χ3v) is 8.01. The third kappa shape index (κ3) is 3.02. The van der Waals surface area contributed by atoms with Crippen LogP contribution in [-0.2, 0) is 27.3 Å². The first-order chi connectivity index (χ1) is 16.2. The first-order valence-corrected chi connectivity index (χ1v) is 12.0. The molecular weight excluding hydrogens is 434 g/mol. The summed E-state index contributed by atoms with van der Waals surface area (Å²) in [4.78, 5) is 36.0. The summed E-state index contributed by atoms with van der Waals surface area (Å²) in [5.41, 5.74) is 3.18. The van der Waals surface area contributed by atoms with E-state index < -0.39 is 18.1 Å². The van der Waals surface area contributed by atoms with Crippen molar-refractivity contribution in [3.63, 3.8) is 0 Å². The Labute approximate surface area is 195 Å².